The maximum atomic E-state index is 11.9. The predicted molar refractivity (Wildman–Crippen MR) is 98.4 cm³/mol. The van der Waals surface area contributed by atoms with E-state index >= 15 is 0 Å². The third kappa shape index (κ3) is 5.75. The largest absolute Gasteiger partial charge is 0.506 e. The summed E-state index contributed by atoms with van der Waals surface area (Å²) >= 11 is 6.37. The highest BCUT2D eigenvalue weighted by Gasteiger charge is 2.22. The molecule has 8 heteroatoms. The number of alkyl carbamates (subject to hydrolysis) is 1. The normalized spacial score (nSPS) is 11.6. The number of rotatable bonds is 6. The van der Waals surface area contributed by atoms with Crippen LogP contribution in [-0.4, -0.2) is 28.3 Å². The number of aliphatic carboxylic acids is 1. The molecule has 0 spiro atoms. The first-order valence-corrected chi connectivity index (χ1v) is 8.82. The van der Waals surface area contributed by atoms with Crippen LogP contribution in [0.15, 0.2) is 51.4 Å². The summed E-state index contributed by atoms with van der Waals surface area (Å²) in [6.45, 7) is 0.0509. The molecule has 0 aromatic heterocycles. The zero-order valence-electron chi connectivity index (χ0n) is 12.9. The minimum atomic E-state index is -1.18. The van der Waals surface area contributed by atoms with Gasteiger partial charge in [-0.25, -0.2) is 9.59 Å². The first kappa shape index (κ1) is 19.3. The van der Waals surface area contributed by atoms with Crippen LogP contribution in [0, 0.1) is 0 Å². The van der Waals surface area contributed by atoms with Crippen molar-refractivity contribution in [1.29, 1.82) is 0 Å². The molecule has 1 amide bonds. The lowest BCUT2D eigenvalue weighted by Crippen LogP contribution is -2.42. The third-order valence-corrected chi connectivity index (χ3v) is 4.53. The Balaban J connectivity index is 1.98. The van der Waals surface area contributed by atoms with Gasteiger partial charge in [0.15, 0.2) is 0 Å². The van der Waals surface area contributed by atoms with Crippen LogP contribution in [0.2, 0.25) is 0 Å². The van der Waals surface area contributed by atoms with Gasteiger partial charge in [-0.1, -0.05) is 30.3 Å². The average Bonchev–Trinajstić information content (AvgIpc) is 2.58. The molecule has 1 atom stereocenters. The van der Waals surface area contributed by atoms with Crippen molar-refractivity contribution in [1.82, 2.24) is 5.32 Å². The van der Waals surface area contributed by atoms with Crippen molar-refractivity contribution in [3.05, 3.63) is 62.5 Å². The molecule has 2 rings (SSSR count). The van der Waals surface area contributed by atoms with Crippen LogP contribution in [0.25, 0.3) is 0 Å². The van der Waals surface area contributed by atoms with E-state index in [1.165, 1.54) is 0 Å². The van der Waals surface area contributed by atoms with E-state index in [-0.39, 0.29) is 18.8 Å². The molecule has 0 bridgehead atoms. The van der Waals surface area contributed by atoms with E-state index in [0.29, 0.717) is 14.5 Å². The summed E-state index contributed by atoms with van der Waals surface area (Å²) in [7, 11) is 0. The number of carboxylic acid groups (broad SMARTS) is 1. The van der Waals surface area contributed by atoms with Gasteiger partial charge < -0.3 is 20.3 Å². The summed E-state index contributed by atoms with van der Waals surface area (Å²) in [6, 6.07) is 11.1. The number of hydrogen-bond acceptors (Lipinski definition) is 4. The second kappa shape index (κ2) is 8.87. The lowest BCUT2D eigenvalue weighted by atomic mass is 10.1. The summed E-state index contributed by atoms with van der Waals surface area (Å²) in [5.74, 6) is -1.16. The number of ether oxygens (including phenoxy) is 1. The maximum absolute atomic E-state index is 11.9. The lowest BCUT2D eigenvalue weighted by Gasteiger charge is -2.15. The molecule has 6 nitrogen and oxygen atoms in total. The van der Waals surface area contributed by atoms with Gasteiger partial charge in [-0.05, 0) is 55.1 Å². The SMILES string of the molecule is O=C(NC(Cc1cc(Br)c(O)c(Br)c1)C(=O)O)OCc1ccccc1. The number of phenolic OH excluding ortho intramolecular Hbond substituents is 1. The second-order valence-electron chi connectivity index (χ2n) is 5.21. The first-order valence-electron chi connectivity index (χ1n) is 7.23. The average molecular weight is 473 g/mol. The van der Waals surface area contributed by atoms with E-state index in [2.05, 4.69) is 37.2 Å². The Hall–Kier alpha value is -2.06. The Kier molecular flexibility index (Phi) is 6.83. The summed E-state index contributed by atoms with van der Waals surface area (Å²) in [5, 5.41) is 21.4. The predicted octanol–water partition coefficient (Wildman–Crippen LogP) is 3.84. The van der Waals surface area contributed by atoms with Gasteiger partial charge in [0.25, 0.3) is 0 Å². The molecular weight excluding hydrogens is 458 g/mol. The number of carbonyl (C=O) groups excluding carboxylic acids is 1. The molecular formula is C17H15Br2NO5. The molecule has 132 valence electrons. The van der Waals surface area contributed by atoms with E-state index in [9.17, 15) is 19.8 Å². The fourth-order valence-electron chi connectivity index (χ4n) is 2.08. The standard InChI is InChI=1S/C17H15Br2NO5/c18-12-6-11(7-13(19)15(12)21)8-14(16(22)23)20-17(24)25-9-10-4-2-1-3-5-10/h1-7,14,21H,8-9H2,(H,20,24)(H,22,23). The monoisotopic (exact) mass is 471 g/mol. The van der Waals surface area contributed by atoms with Crippen LogP contribution in [0.1, 0.15) is 11.1 Å². The van der Waals surface area contributed by atoms with Gasteiger partial charge in [0, 0.05) is 6.42 Å². The smallest absolute Gasteiger partial charge is 0.408 e. The quantitative estimate of drug-likeness (QED) is 0.593. The van der Waals surface area contributed by atoms with E-state index in [1.54, 1.807) is 24.3 Å². The summed E-state index contributed by atoms with van der Waals surface area (Å²) in [4.78, 5) is 23.3. The lowest BCUT2D eigenvalue weighted by molar-refractivity contribution is -0.139. The Labute approximate surface area is 161 Å². The van der Waals surface area contributed by atoms with Gasteiger partial charge in [-0.3, -0.25) is 0 Å². The maximum Gasteiger partial charge on any atom is 0.408 e. The van der Waals surface area contributed by atoms with Crippen LogP contribution in [0.5, 0.6) is 5.75 Å². The Morgan fingerprint density at radius 1 is 1.08 bits per heavy atom. The molecule has 1 unspecified atom stereocenters. The fraction of sp³-hybridized carbons (Fsp3) is 0.176. The highest BCUT2D eigenvalue weighted by Crippen LogP contribution is 2.33. The van der Waals surface area contributed by atoms with Gasteiger partial charge in [0.2, 0.25) is 0 Å². The number of carbonyl (C=O) groups is 2. The fourth-order valence-corrected chi connectivity index (χ4v) is 3.36. The van der Waals surface area contributed by atoms with Gasteiger partial charge >= 0.3 is 12.1 Å². The molecule has 0 saturated heterocycles. The molecule has 0 heterocycles. The molecule has 0 fully saturated rings. The Morgan fingerprint density at radius 3 is 2.24 bits per heavy atom. The van der Waals surface area contributed by atoms with E-state index in [0.717, 1.165) is 5.56 Å². The van der Waals surface area contributed by atoms with Crippen molar-refractivity contribution in [2.45, 2.75) is 19.1 Å². The molecule has 3 N–H and O–H groups in total. The van der Waals surface area contributed by atoms with Gasteiger partial charge in [-0.15, -0.1) is 0 Å². The molecule has 0 aliphatic rings. The molecule has 2 aromatic rings. The minimum Gasteiger partial charge on any atom is -0.506 e. The molecule has 2 aromatic carbocycles. The van der Waals surface area contributed by atoms with E-state index < -0.39 is 18.1 Å². The van der Waals surface area contributed by atoms with Crippen LogP contribution in [0.3, 0.4) is 0 Å². The second-order valence-corrected chi connectivity index (χ2v) is 6.92. The number of amides is 1. The molecule has 0 aliphatic heterocycles. The van der Waals surface area contributed by atoms with Crippen molar-refractivity contribution in [3.63, 3.8) is 0 Å². The summed E-state index contributed by atoms with van der Waals surface area (Å²) in [5.41, 5.74) is 1.42. The highest BCUT2D eigenvalue weighted by molar-refractivity contribution is 9.11. The first-order chi connectivity index (χ1) is 11.9. The van der Waals surface area contributed by atoms with Crippen LogP contribution in [-0.2, 0) is 22.6 Å². The number of hydrogen-bond donors (Lipinski definition) is 3. The number of phenols is 1. The summed E-state index contributed by atoms with van der Waals surface area (Å²) in [6.07, 6.45) is -0.777. The van der Waals surface area contributed by atoms with Crippen LogP contribution >= 0.6 is 31.9 Å². The van der Waals surface area contributed by atoms with Crippen molar-refractivity contribution < 1.29 is 24.5 Å². The Morgan fingerprint density at radius 2 is 1.68 bits per heavy atom. The topological polar surface area (TPSA) is 95.9 Å². The van der Waals surface area contributed by atoms with Crippen molar-refractivity contribution in [2.24, 2.45) is 0 Å². The molecule has 0 saturated carbocycles. The van der Waals surface area contributed by atoms with Crippen LogP contribution in [0.4, 0.5) is 4.79 Å². The van der Waals surface area contributed by atoms with Gasteiger partial charge in [0.1, 0.15) is 18.4 Å². The van der Waals surface area contributed by atoms with Crippen molar-refractivity contribution in [3.8, 4) is 5.75 Å². The number of aromatic hydroxyl groups is 1. The van der Waals surface area contributed by atoms with E-state index in [4.69, 9.17) is 4.74 Å². The molecule has 0 aliphatic carbocycles. The number of nitrogens with one attached hydrogen (secondary N) is 1. The van der Waals surface area contributed by atoms with E-state index in [1.807, 2.05) is 18.2 Å². The minimum absolute atomic E-state index is 0.0193. The molecule has 0 radical (unpaired) electrons. The van der Waals surface area contributed by atoms with Crippen molar-refractivity contribution >= 4 is 43.9 Å². The highest BCUT2D eigenvalue weighted by atomic mass is 79.9. The van der Waals surface area contributed by atoms with Gasteiger partial charge in [-0.2, -0.15) is 0 Å². The van der Waals surface area contributed by atoms with Gasteiger partial charge in [0.05, 0.1) is 8.95 Å². The Bertz CT molecular complexity index is 744. The van der Waals surface area contributed by atoms with Crippen LogP contribution < -0.4 is 5.32 Å². The zero-order valence-corrected chi connectivity index (χ0v) is 16.1. The third-order valence-electron chi connectivity index (χ3n) is 3.32. The zero-order chi connectivity index (χ0) is 18.4. The number of benzene rings is 2. The molecule has 25 heavy (non-hydrogen) atoms. The number of halogens is 2. The summed E-state index contributed by atoms with van der Waals surface area (Å²) < 4.78 is 5.89. The van der Waals surface area contributed by atoms with Crippen molar-refractivity contribution in [2.75, 3.05) is 0 Å². The number of carboxylic acids is 1.